The molecule has 6 heteroatoms. The van der Waals surface area contributed by atoms with Crippen molar-refractivity contribution in [3.05, 3.63) is 72.3 Å². The molecule has 2 amide bonds. The molecule has 0 aromatic heterocycles. The Labute approximate surface area is 159 Å². The van der Waals surface area contributed by atoms with E-state index in [9.17, 15) is 9.59 Å². The van der Waals surface area contributed by atoms with Gasteiger partial charge in [-0.05, 0) is 36.8 Å². The molecule has 0 aliphatic rings. The number of carbonyl (C=O) groups is 2. The minimum atomic E-state index is -0.474. The maximum atomic E-state index is 12.3. The lowest BCUT2D eigenvalue weighted by Gasteiger charge is -2.12. The second kappa shape index (κ2) is 10.7. The molecule has 2 rings (SSSR count). The third kappa shape index (κ3) is 6.18. The summed E-state index contributed by atoms with van der Waals surface area (Å²) in [5.41, 5.74) is 5.51. The van der Waals surface area contributed by atoms with Crippen LogP contribution < -0.4 is 20.3 Å². The summed E-state index contributed by atoms with van der Waals surface area (Å²) in [5.74, 6) is 0.119. The molecule has 0 radical (unpaired) electrons. The molecule has 142 valence electrons. The Balaban J connectivity index is 1.96. The molecular weight excluding hydrogens is 344 g/mol. The summed E-state index contributed by atoms with van der Waals surface area (Å²) in [7, 11) is 0. The molecular formula is C21H24N2O4. The second-order valence-corrected chi connectivity index (χ2v) is 5.73. The van der Waals surface area contributed by atoms with Crippen LogP contribution in [0.25, 0.3) is 0 Å². The molecule has 0 spiro atoms. The Morgan fingerprint density at radius 3 is 2.59 bits per heavy atom. The largest absolute Gasteiger partial charge is 0.494 e. The summed E-state index contributed by atoms with van der Waals surface area (Å²) in [5, 5.41) is 0. The lowest BCUT2D eigenvalue weighted by molar-refractivity contribution is 0.0844. The summed E-state index contributed by atoms with van der Waals surface area (Å²) in [6.45, 7) is 6.54. The standard InChI is InChI=1S/C21H24N2O4/c1-3-5-14-26-17-10-8-9-16(15-17)20(24)22-23-21(25)18-11-6-7-12-19(18)27-13-4-2/h4,6-12,15H,2-3,5,13-14H2,1H3,(H,22,24)(H,23,25). The number of hydrazine groups is 1. The Morgan fingerprint density at radius 1 is 1.04 bits per heavy atom. The van der Waals surface area contributed by atoms with Gasteiger partial charge >= 0.3 is 0 Å². The van der Waals surface area contributed by atoms with Crippen molar-refractivity contribution in [3.63, 3.8) is 0 Å². The lowest BCUT2D eigenvalue weighted by atomic mass is 10.2. The van der Waals surface area contributed by atoms with Crippen LogP contribution in [0.15, 0.2) is 61.2 Å². The van der Waals surface area contributed by atoms with Gasteiger partial charge in [0.1, 0.15) is 18.1 Å². The first kappa shape index (κ1) is 20.0. The van der Waals surface area contributed by atoms with Crippen molar-refractivity contribution in [3.8, 4) is 11.5 Å². The van der Waals surface area contributed by atoms with E-state index in [2.05, 4.69) is 24.4 Å². The van der Waals surface area contributed by atoms with E-state index in [1.807, 2.05) is 0 Å². The number of hydrogen-bond acceptors (Lipinski definition) is 4. The zero-order valence-electron chi connectivity index (χ0n) is 15.4. The van der Waals surface area contributed by atoms with Crippen molar-refractivity contribution in [1.82, 2.24) is 10.9 Å². The van der Waals surface area contributed by atoms with Crippen LogP contribution in [0.3, 0.4) is 0 Å². The van der Waals surface area contributed by atoms with E-state index in [0.717, 1.165) is 12.8 Å². The van der Waals surface area contributed by atoms with E-state index < -0.39 is 11.8 Å². The molecule has 2 aromatic carbocycles. The average molecular weight is 368 g/mol. The van der Waals surface area contributed by atoms with Crippen LogP contribution in [0.4, 0.5) is 0 Å². The average Bonchev–Trinajstić information content (AvgIpc) is 2.71. The maximum Gasteiger partial charge on any atom is 0.273 e. The van der Waals surface area contributed by atoms with E-state index in [0.29, 0.717) is 29.2 Å². The predicted molar refractivity (Wildman–Crippen MR) is 104 cm³/mol. The van der Waals surface area contributed by atoms with Gasteiger partial charge in [-0.3, -0.25) is 20.4 Å². The van der Waals surface area contributed by atoms with Crippen molar-refractivity contribution >= 4 is 11.8 Å². The quantitative estimate of drug-likeness (QED) is 0.403. The van der Waals surface area contributed by atoms with Crippen LogP contribution in [0.2, 0.25) is 0 Å². The predicted octanol–water partition coefficient (Wildman–Crippen LogP) is 3.51. The fourth-order valence-corrected chi connectivity index (χ4v) is 2.24. The van der Waals surface area contributed by atoms with Crippen LogP contribution in [0, 0.1) is 0 Å². The minimum absolute atomic E-state index is 0.279. The lowest BCUT2D eigenvalue weighted by Crippen LogP contribution is -2.41. The van der Waals surface area contributed by atoms with Gasteiger partial charge in [-0.15, -0.1) is 0 Å². The molecule has 0 saturated heterocycles. The van der Waals surface area contributed by atoms with Gasteiger partial charge in [0.25, 0.3) is 11.8 Å². The molecule has 2 N–H and O–H groups in total. The van der Waals surface area contributed by atoms with Crippen LogP contribution in [0.5, 0.6) is 11.5 Å². The first-order valence-corrected chi connectivity index (χ1v) is 8.82. The number of amides is 2. The Hall–Kier alpha value is -3.28. The van der Waals surface area contributed by atoms with Crippen LogP contribution in [0.1, 0.15) is 40.5 Å². The van der Waals surface area contributed by atoms with Gasteiger partial charge in [0.2, 0.25) is 0 Å². The first-order valence-electron chi connectivity index (χ1n) is 8.82. The molecule has 27 heavy (non-hydrogen) atoms. The third-order valence-electron chi connectivity index (χ3n) is 3.64. The number of nitrogens with one attached hydrogen (secondary N) is 2. The van der Waals surface area contributed by atoms with Gasteiger partial charge in [-0.2, -0.15) is 0 Å². The topological polar surface area (TPSA) is 76.7 Å². The van der Waals surface area contributed by atoms with E-state index in [4.69, 9.17) is 9.47 Å². The van der Waals surface area contributed by atoms with Crippen LogP contribution >= 0.6 is 0 Å². The number of ether oxygens (including phenoxy) is 2. The smallest absolute Gasteiger partial charge is 0.273 e. The van der Waals surface area contributed by atoms with Gasteiger partial charge in [-0.25, -0.2) is 0 Å². The molecule has 0 unspecified atom stereocenters. The van der Waals surface area contributed by atoms with Crippen molar-refractivity contribution in [1.29, 1.82) is 0 Å². The minimum Gasteiger partial charge on any atom is -0.494 e. The van der Waals surface area contributed by atoms with Gasteiger partial charge < -0.3 is 9.47 Å². The molecule has 0 aliphatic heterocycles. The maximum absolute atomic E-state index is 12.3. The Morgan fingerprint density at radius 2 is 1.81 bits per heavy atom. The zero-order valence-corrected chi connectivity index (χ0v) is 15.4. The highest BCUT2D eigenvalue weighted by atomic mass is 16.5. The number of benzene rings is 2. The highest BCUT2D eigenvalue weighted by molar-refractivity contribution is 6.00. The summed E-state index contributed by atoms with van der Waals surface area (Å²) in [4.78, 5) is 24.6. The zero-order chi connectivity index (χ0) is 19.5. The monoisotopic (exact) mass is 368 g/mol. The fourth-order valence-electron chi connectivity index (χ4n) is 2.24. The Bertz CT molecular complexity index is 789. The molecule has 6 nitrogen and oxygen atoms in total. The van der Waals surface area contributed by atoms with Crippen LogP contribution in [-0.2, 0) is 0 Å². The van der Waals surface area contributed by atoms with Crippen molar-refractivity contribution in [2.24, 2.45) is 0 Å². The molecule has 0 heterocycles. The summed E-state index contributed by atoms with van der Waals surface area (Å²) < 4.78 is 11.0. The van der Waals surface area contributed by atoms with E-state index in [-0.39, 0.29) is 6.61 Å². The van der Waals surface area contributed by atoms with Crippen LogP contribution in [-0.4, -0.2) is 25.0 Å². The molecule has 0 aliphatic carbocycles. The van der Waals surface area contributed by atoms with Crippen molar-refractivity contribution in [2.45, 2.75) is 19.8 Å². The summed E-state index contributed by atoms with van der Waals surface area (Å²) >= 11 is 0. The molecule has 0 fully saturated rings. The highest BCUT2D eigenvalue weighted by Gasteiger charge is 2.13. The second-order valence-electron chi connectivity index (χ2n) is 5.73. The van der Waals surface area contributed by atoms with Gasteiger partial charge in [0.15, 0.2) is 0 Å². The summed E-state index contributed by atoms with van der Waals surface area (Å²) in [6, 6.07) is 13.6. The van der Waals surface area contributed by atoms with Crippen molar-refractivity contribution < 1.29 is 19.1 Å². The van der Waals surface area contributed by atoms with E-state index >= 15 is 0 Å². The molecule has 0 atom stereocenters. The molecule has 2 aromatic rings. The third-order valence-corrected chi connectivity index (χ3v) is 3.64. The van der Waals surface area contributed by atoms with Gasteiger partial charge in [0.05, 0.1) is 12.2 Å². The van der Waals surface area contributed by atoms with E-state index in [1.165, 1.54) is 0 Å². The van der Waals surface area contributed by atoms with Gasteiger partial charge in [-0.1, -0.05) is 44.2 Å². The normalized spacial score (nSPS) is 9.96. The SMILES string of the molecule is C=CCOc1ccccc1C(=O)NNC(=O)c1cccc(OCCCC)c1. The fraction of sp³-hybridized carbons (Fsp3) is 0.238. The summed E-state index contributed by atoms with van der Waals surface area (Å²) in [6.07, 6.45) is 3.57. The Kier molecular flexibility index (Phi) is 7.91. The highest BCUT2D eigenvalue weighted by Crippen LogP contribution is 2.18. The van der Waals surface area contributed by atoms with E-state index in [1.54, 1.807) is 54.6 Å². The van der Waals surface area contributed by atoms with Gasteiger partial charge in [0, 0.05) is 5.56 Å². The molecule has 0 saturated carbocycles. The number of para-hydroxylation sites is 1. The number of rotatable bonds is 9. The van der Waals surface area contributed by atoms with Crippen molar-refractivity contribution in [2.75, 3.05) is 13.2 Å². The first-order chi connectivity index (χ1) is 13.2. The number of carbonyl (C=O) groups excluding carboxylic acids is 2. The number of hydrogen-bond donors (Lipinski definition) is 2. The molecule has 0 bridgehead atoms. The number of unbranched alkanes of at least 4 members (excludes halogenated alkanes) is 1.